The molecule has 5 heteroatoms. The maximum absolute atomic E-state index is 11.2. The van der Waals surface area contributed by atoms with E-state index >= 15 is 0 Å². The van der Waals surface area contributed by atoms with Gasteiger partial charge in [0, 0.05) is 30.1 Å². The number of carbonyl (C=O) groups is 1. The Labute approximate surface area is 104 Å². The van der Waals surface area contributed by atoms with E-state index in [9.17, 15) is 4.79 Å². The van der Waals surface area contributed by atoms with Gasteiger partial charge in [0.25, 0.3) is 0 Å². The van der Waals surface area contributed by atoms with Gasteiger partial charge in [0.15, 0.2) is 5.65 Å². The Morgan fingerprint density at radius 2 is 2.12 bits per heavy atom. The molecule has 0 spiro atoms. The van der Waals surface area contributed by atoms with Crippen molar-refractivity contribution in [3.63, 3.8) is 0 Å². The maximum atomic E-state index is 11.2. The van der Waals surface area contributed by atoms with Crippen LogP contribution in [0.3, 0.4) is 0 Å². The van der Waals surface area contributed by atoms with Gasteiger partial charge in [-0.15, -0.1) is 0 Å². The average molecular weight is 250 g/mol. The smallest absolute Gasteiger partial charge is 0.156 e. The van der Waals surface area contributed by atoms with Crippen molar-refractivity contribution >= 4 is 23.0 Å². The fraction of sp³-hybridized carbons (Fsp3) is 0.417. The van der Waals surface area contributed by atoms with E-state index in [0.717, 1.165) is 29.1 Å². The third-order valence-corrected chi connectivity index (χ3v) is 3.70. The van der Waals surface area contributed by atoms with Crippen molar-refractivity contribution in [1.82, 2.24) is 14.6 Å². The van der Waals surface area contributed by atoms with Gasteiger partial charge >= 0.3 is 0 Å². The molecule has 0 amide bonds. The molecule has 1 fully saturated rings. The Morgan fingerprint density at radius 3 is 2.88 bits per heavy atom. The van der Waals surface area contributed by atoms with E-state index in [-0.39, 0.29) is 0 Å². The summed E-state index contributed by atoms with van der Waals surface area (Å²) in [6.45, 7) is 0. The van der Waals surface area contributed by atoms with Gasteiger partial charge in [0.05, 0.1) is 0 Å². The minimum atomic E-state index is 0.360. The second-order valence-corrected chi connectivity index (χ2v) is 4.86. The van der Waals surface area contributed by atoms with Gasteiger partial charge in [-0.2, -0.15) is 5.10 Å². The van der Waals surface area contributed by atoms with Crippen molar-refractivity contribution in [2.75, 3.05) is 0 Å². The molecule has 3 rings (SSSR count). The zero-order valence-corrected chi connectivity index (χ0v) is 10.0. The van der Waals surface area contributed by atoms with Crippen LogP contribution in [-0.2, 0) is 4.79 Å². The van der Waals surface area contributed by atoms with E-state index in [1.165, 1.54) is 6.33 Å². The second kappa shape index (κ2) is 4.11. The van der Waals surface area contributed by atoms with Crippen LogP contribution in [0.15, 0.2) is 18.6 Å². The maximum Gasteiger partial charge on any atom is 0.156 e. The number of hydrogen-bond donors (Lipinski definition) is 0. The Balaban J connectivity index is 1.98. The summed E-state index contributed by atoms with van der Waals surface area (Å²) >= 11 is 6.26. The molecular weight excluding hydrogens is 238 g/mol. The number of halogens is 1. The fourth-order valence-electron chi connectivity index (χ4n) is 2.40. The van der Waals surface area contributed by atoms with Crippen molar-refractivity contribution in [2.45, 2.75) is 31.6 Å². The van der Waals surface area contributed by atoms with Gasteiger partial charge in [-0.1, -0.05) is 11.6 Å². The first kappa shape index (κ1) is 10.7. The van der Waals surface area contributed by atoms with E-state index in [2.05, 4.69) is 10.1 Å². The Morgan fingerprint density at radius 1 is 1.35 bits per heavy atom. The Bertz CT molecular complexity index is 568. The van der Waals surface area contributed by atoms with Gasteiger partial charge in [0.2, 0.25) is 0 Å². The minimum Gasteiger partial charge on any atom is -0.300 e. The summed E-state index contributed by atoms with van der Waals surface area (Å²) in [6, 6.07) is 1.83. The number of rotatable bonds is 1. The number of hydrogen-bond acceptors (Lipinski definition) is 3. The standard InChI is InChI=1S/C12H12ClN3O/c13-11-5-12-14-7-15-16(12)6-10(11)8-1-3-9(17)4-2-8/h5-8H,1-4H2. The van der Waals surface area contributed by atoms with Crippen molar-refractivity contribution in [1.29, 1.82) is 0 Å². The van der Waals surface area contributed by atoms with Crippen LogP contribution in [-0.4, -0.2) is 20.4 Å². The largest absolute Gasteiger partial charge is 0.300 e. The number of pyridine rings is 1. The van der Waals surface area contributed by atoms with Crippen LogP contribution in [0.4, 0.5) is 0 Å². The molecule has 1 aliphatic carbocycles. The highest BCUT2D eigenvalue weighted by atomic mass is 35.5. The van der Waals surface area contributed by atoms with Gasteiger partial charge in [-0.05, 0) is 24.3 Å². The summed E-state index contributed by atoms with van der Waals surface area (Å²) in [4.78, 5) is 15.3. The predicted octanol–water partition coefficient (Wildman–Crippen LogP) is 2.61. The highest BCUT2D eigenvalue weighted by Gasteiger charge is 2.22. The number of ketones is 1. The first-order valence-corrected chi connectivity index (χ1v) is 6.12. The fourth-order valence-corrected chi connectivity index (χ4v) is 2.70. The van der Waals surface area contributed by atoms with Crippen LogP contribution in [0.25, 0.3) is 5.65 Å². The molecule has 1 aliphatic rings. The van der Waals surface area contributed by atoms with E-state index in [1.807, 2.05) is 12.3 Å². The van der Waals surface area contributed by atoms with Crippen LogP contribution in [0.2, 0.25) is 5.02 Å². The van der Waals surface area contributed by atoms with E-state index in [1.54, 1.807) is 4.52 Å². The Hall–Kier alpha value is -1.42. The monoisotopic (exact) mass is 249 g/mol. The topological polar surface area (TPSA) is 47.3 Å². The highest BCUT2D eigenvalue weighted by molar-refractivity contribution is 6.31. The van der Waals surface area contributed by atoms with E-state index in [4.69, 9.17) is 11.6 Å². The molecule has 88 valence electrons. The first-order valence-electron chi connectivity index (χ1n) is 5.74. The first-order chi connectivity index (χ1) is 8.24. The molecule has 0 aromatic carbocycles. The molecule has 2 aromatic heterocycles. The summed E-state index contributed by atoms with van der Waals surface area (Å²) in [5.74, 6) is 0.730. The molecular formula is C12H12ClN3O. The van der Waals surface area contributed by atoms with Gasteiger partial charge in [-0.3, -0.25) is 4.79 Å². The summed E-state index contributed by atoms with van der Waals surface area (Å²) < 4.78 is 1.73. The number of Topliss-reactive ketones (excluding diaryl/α,β-unsaturated/α-hetero) is 1. The normalized spacial score (nSPS) is 17.8. The zero-order chi connectivity index (χ0) is 11.8. The second-order valence-electron chi connectivity index (χ2n) is 4.45. The molecule has 2 heterocycles. The third-order valence-electron chi connectivity index (χ3n) is 3.38. The van der Waals surface area contributed by atoms with Crippen molar-refractivity contribution in [3.8, 4) is 0 Å². The number of fused-ring (bicyclic) bond motifs is 1. The molecule has 17 heavy (non-hydrogen) atoms. The van der Waals surface area contributed by atoms with Gasteiger partial charge < -0.3 is 0 Å². The van der Waals surface area contributed by atoms with E-state index < -0.39 is 0 Å². The molecule has 1 saturated carbocycles. The lowest BCUT2D eigenvalue weighted by Gasteiger charge is -2.22. The molecule has 0 unspecified atom stereocenters. The van der Waals surface area contributed by atoms with Crippen LogP contribution in [0.5, 0.6) is 0 Å². The summed E-state index contributed by atoms with van der Waals surface area (Å²) in [7, 11) is 0. The lowest BCUT2D eigenvalue weighted by atomic mass is 9.84. The molecule has 0 radical (unpaired) electrons. The van der Waals surface area contributed by atoms with Crippen LogP contribution >= 0.6 is 11.6 Å². The lowest BCUT2D eigenvalue weighted by Crippen LogP contribution is -2.13. The molecule has 0 atom stereocenters. The summed E-state index contributed by atoms with van der Waals surface area (Å²) in [5.41, 5.74) is 1.84. The SMILES string of the molecule is O=C1CCC(c2cn3ncnc3cc2Cl)CC1. The molecule has 4 nitrogen and oxygen atoms in total. The molecule has 0 bridgehead atoms. The average Bonchev–Trinajstić information content (AvgIpc) is 2.76. The van der Waals surface area contributed by atoms with Crippen LogP contribution in [0, 0.1) is 0 Å². The van der Waals surface area contributed by atoms with Crippen LogP contribution < -0.4 is 0 Å². The Kier molecular flexibility index (Phi) is 2.59. The van der Waals surface area contributed by atoms with Gasteiger partial charge in [0.1, 0.15) is 12.1 Å². The molecule has 0 N–H and O–H groups in total. The molecule has 0 saturated heterocycles. The zero-order valence-electron chi connectivity index (χ0n) is 9.27. The van der Waals surface area contributed by atoms with Crippen molar-refractivity contribution in [3.05, 3.63) is 29.2 Å². The van der Waals surface area contributed by atoms with Crippen LogP contribution in [0.1, 0.15) is 37.2 Å². The van der Waals surface area contributed by atoms with Crippen molar-refractivity contribution in [2.24, 2.45) is 0 Å². The summed E-state index contributed by atoms with van der Waals surface area (Å²) in [6.07, 6.45) is 6.55. The van der Waals surface area contributed by atoms with E-state index in [0.29, 0.717) is 24.5 Å². The quantitative estimate of drug-likeness (QED) is 0.781. The number of carbonyl (C=O) groups excluding carboxylic acids is 1. The summed E-state index contributed by atoms with van der Waals surface area (Å²) in [5, 5.41) is 4.84. The highest BCUT2D eigenvalue weighted by Crippen LogP contribution is 2.35. The number of aromatic nitrogens is 3. The lowest BCUT2D eigenvalue weighted by molar-refractivity contribution is -0.120. The van der Waals surface area contributed by atoms with Gasteiger partial charge in [-0.25, -0.2) is 9.50 Å². The van der Waals surface area contributed by atoms with Crippen molar-refractivity contribution < 1.29 is 4.79 Å². The predicted molar refractivity (Wildman–Crippen MR) is 64.2 cm³/mol. The molecule has 2 aromatic rings. The minimum absolute atomic E-state index is 0.360. The number of nitrogens with zero attached hydrogens (tertiary/aromatic N) is 3. The molecule has 0 aliphatic heterocycles. The third kappa shape index (κ3) is 1.93.